The molecule has 2 aromatic carbocycles. The fourth-order valence-corrected chi connectivity index (χ4v) is 5.99. The summed E-state index contributed by atoms with van der Waals surface area (Å²) in [5.74, 6) is -0.438. The van der Waals surface area contributed by atoms with Gasteiger partial charge in [0.25, 0.3) is 10.0 Å². The number of fused-ring (bicyclic) bond motifs is 1. The van der Waals surface area contributed by atoms with Gasteiger partial charge in [-0.15, -0.1) is 0 Å². The van der Waals surface area contributed by atoms with Crippen LogP contribution in [0.25, 0.3) is 16.6 Å². The largest absolute Gasteiger partial charge is 0.479 e. The van der Waals surface area contributed by atoms with E-state index in [-0.39, 0.29) is 32.5 Å². The lowest BCUT2D eigenvalue weighted by molar-refractivity contribution is -0.152. The van der Waals surface area contributed by atoms with Crippen LogP contribution in [-0.2, 0) is 19.6 Å². The SMILES string of the molecule is COc1ncc(-n2ccc3cc(N(CC(=O)OC(C)(C)C)S(=O)(=O)c4cc(Cl)cc(Cl)c4)ccc32)c(OC)n1. The van der Waals surface area contributed by atoms with Crippen LogP contribution in [-0.4, -0.2) is 55.3 Å². The molecule has 4 rings (SSSR count). The van der Waals surface area contributed by atoms with Gasteiger partial charge >= 0.3 is 12.0 Å². The summed E-state index contributed by atoms with van der Waals surface area (Å²) >= 11 is 12.2. The normalized spacial score (nSPS) is 11.9. The standard InChI is InChI=1S/C26H26Cl2N4O6S/c1-26(2,3)38-23(33)15-32(39(34,35)20-12-17(27)11-18(28)13-20)19-6-7-21-16(10-19)8-9-31(21)22-14-29-25(37-5)30-24(22)36-4/h6-14H,15H2,1-5H3. The van der Waals surface area contributed by atoms with Gasteiger partial charge < -0.3 is 18.8 Å². The van der Waals surface area contributed by atoms with Gasteiger partial charge in [0.2, 0.25) is 5.88 Å². The van der Waals surface area contributed by atoms with Gasteiger partial charge in [0.15, 0.2) is 0 Å². The summed E-state index contributed by atoms with van der Waals surface area (Å²) in [6.45, 7) is 4.53. The van der Waals surface area contributed by atoms with Gasteiger partial charge in [-0.25, -0.2) is 13.4 Å². The van der Waals surface area contributed by atoms with Crippen molar-refractivity contribution in [1.82, 2.24) is 14.5 Å². The molecular formula is C26H26Cl2N4O6S. The minimum atomic E-state index is -4.28. The molecule has 0 saturated heterocycles. The number of esters is 1. The molecule has 0 unspecified atom stereocenters. The molecule has 10 nitrogen and oxygen atoms in total. The van der Waals surface area contributed by atoms with Crippen molar-refractivity contribution in [2.45, 2.75) is 31.3 Å². The first-order valence-corrected chi connectivity index (χ1v) is 13.8. The van der Waals surface area contributed by atoms with Gasteiger partial charge in [0, 0.05) is 21.6 Å². The molecule has 0 aliphatic rings. The predicted octanol–water partition coefficient (Wildman–Crippen LogP) is 5.28. The number of sulfonamides is 1. The smallest absolute Gasteiger partial charge is 0.327 e. The Labute approximate surface area is 236 Å². The first-order chi connectivity index (χ1) is 18.3. The molecule has 4 aromatic rings. The lowest BCUT2D eigenvalue weighted by Crippen LogP contribution is -2.39. The van der Waals surface area contributed by atoms with Crippen LogP contribution in [0, 0.1) is 0 Å². The van der Waals surface area contributed by atoms with Crippen molar-refractivity contribution >= 4 is 55.8 Å². The summed E-state index contributed by atoms with van der Waals surface area (Å²) in [6.07, 6.45) is 3.33. The lowest BCUT2D eigenvalue weighted by atomic mass is 10.2. The number of ether oxygens (including phenoxy) is 3. The summed E-state index contributed by atoms with van der Waals surface area (Å²) < 4.78 is 46.3. The zero-order valence-electron chi connectivity index (χ0n) is 21.8. The van der Waals surface area contributed by atoms with E-state index in [1.54, 1.807) is 62.0 Å². The number of hydrogen-bond acceptors (Lipinski definition) is 8. The molecule has 0 fully saturated rings. The summed E-state index contributed by atoms with van der Waals surface area (Å²) in [6, 6.07) is 10.9. The molecule has 2 heterocycles. The topological polar surface area (TPSA) is 113 Å². The molecule has 0 aliphatic heterocycles. The molecule has 0 saturated carbocycles. The first-order valence-electron chi connectivity index (χ1n) is 11.6. The number of hydrogen-bond donors (Lipinski definition) is 0. The highest BCUT2D eigenvalue weighted by Crippen LogP contribution is 2.33. The van der Waals surface area contributed by atoms with E-state index in [9.17, 15) is 13.2 Å². The molecule has 13 heteroatoms. The van der Waals surface area contributed by atoms with E-state index in [1.165, 1.54) is 32.4 Å². The van der Waals surface area contributed by atoms with Gasteiger partial charge in [-0.3, -0.25) is 9.10 Å². The summed E-state index contributed by atoms with van der Waals surface area (Å²) in [5.41, 5.74) is 0.686. The average Bonchev–Trinajstić information content (AvgIpc) is 3.28. The van der Waals surface area contributed by atoms with Gasteiger partial charge in [-0.2, -0.15) is 4.98 Å². The maximum absolute atomic E-state index is 13.8. The van der Waals surface area contributed by atoms with Crippen LogP contribution in [0.3, 0.4) is 0 Å². The van der Waals surface area contributed by atoms with E-state index >= 15 is 0 Å². The molecule has 0 atom stereocenters. The first kappa shape index (κ1) is 28.5. The van der Waals surface area contributed by atoms with Gasteiger partial charge in [0.1, 0.15) is 17.8 Å². The monoisotopic (exact) mass is 592 g/mol. The van der Waals surface area contributed by atoms with Crippen LogP contribution in [0.5, 0.6) is 11.9 Å². The highest BCUT2D eigenvalue weighted by atomic mass is 35.5. The molecular weight excluding hydrogens is 567 g/mol. The summed E-state index contributed by atoms with van der Waals surface area (Å²) in [7, 11) is -1.34. The average molecular weight is 593 g/mol. The van der Waals surface area contributed by atoms with Crippen molar-refractivity contribution in [3.8, 4) is 17.6 Å². The van der Waals surface area contributed by atoms with Crippen molar-refractivity contribution in [1.29, 1.82) is 0 Å². The quantitative estimate of drug-likeness (QED) is 0.254. The van der Waals surface area contributed by atoms with Crippen molar-refractivity contribution in [3.63, 3.8) is 0 Å². The van der Waals surface area contributed by atoms with Crippen molar-refractivity contribution in [3.05, 3.63) is 64.9 Å². The molecule has 0 radical (unpaired) electrons. The Morgan fingerprint density at radius 3 is 2.33 bits per heavy atom. The van der Waals surface area contributed by atoms with E-state index in [0.717, 1.165) is 4.31 Å². The molecule has 0 amide bonds. The van der Waals surface area contributed by atoms with Gasteiger partial charge in [-0.1, -0.05) is 23.2 Å². The Morgan fingerprint density at radius 1 is 1.03 bits per heavy atom. The van der Waals surface area contributed by atoms with Gasteiger partial charge in [0.05, 0.1) is 36.5 Å². The maximum Gasteiger partial charge on any atom is 0.327 e. The zero-order valence-corrected chi connectivity index (χ0v) is 24.1. The van der Waals surface area contributed by atoms with E-state index in [0.29, 0.717) is 16.6 Å². The van der Waals surface area contributed by atoms with Crippen LogP contribution >= 0.6 is 23.2 Å². The number of anilines is 1. The molecule has 39 heavy (non-hydrogen) atoms. The van der Waals surface area contributed by atoms with E-state index in [4.69, 9.17) is 37.4 Å². The van der Waals surface area contributed by atoms with Crippen LogP contribution in [0.15, 0.2) is 59.8 Å². The number of methoxy groups -OCH3 is 2. The Hall–Kier alpha value is -3.54. The molecule has 0 N–H and O–H groups in total. The molecule has 2 aromatic heterocycles. The third-order valence-corrected chi connectivity index (χ3v) is 7.62. The zero-order chi connectivity index (χ0) is 28.5. The summed E-state index contributed by atoms with van der Waals surface area (Å²) in [4.78, 5) is 21.0. The van der Waals surface area contributed by atoms with E-state index in [1.807, 2.05) is 0 Å². The lowest BCUT2D eigenvalue weighted by Gasteiger charge is -2.26. The van der Waals surface area contributed by atoms with Crippen LogP contribution in [0.2, 0.25) is 10.0 Å². The Bertz CT molecular complexity index is 1630. The number of nitrogens with zero attached hydrogens (tertiary/aromatic N) is 4. The van der Waals surface area contributed by atoms with Crippen molar-refractivity contribution in [2.75, 3.05) is 25.1 Å². The number of carbonyl (C=O) groups is 1. The van der Waals surface area contributed by atoms with Crippen LogP contribution < -0.4 is 13.8 Å². The Morgan fingerprint density at radius 2 is 1.72 bits per heavy atom. The second-order valence-corrected chi connectivity index (χ2v) is 12.1. The highest BCUT2D eigenvalue weighted by Gasteiger charge is 2.30. The fourth-order valence-electron chi connectivity index (χ4n) is 3.86. The molecule has 206 valence electrons. The van der Waals surface area contributed by atoms with Crippen LogP contribution in [0.1, 0.15) is 20.8 Å². The minimum absolute atomic E-state index is 0.140. The van der Waals surface area contributed by atoms with Gasteiger partial charge in [-0.05, 0) is 63.2 Å². The second-order valence-electron chi connectivity index (χ2n) is 9.38. The maximum atomic E-state index is 13.8. The summed E-state index contributed by atoms with van der Waals surface area (Å²) in [5, 5.41) is 0.960. The van der Waals surface area contributed by atoms with E-state index < -0.39 is 28.1 Å². The van der Waals surface area contributed by atoms with E-state index in [2.05, 4.69) is 9.97 Å². The third kappa shape index (κ3) is 6.21. The third-order valence-electron chi connectivity index (χ3n) is 5.43. The second kappa shape index (κ2) is 10.9. The predicted molar refractivity (Wildman–Crippen MR) is 149 cm³/mol. The molecule has 0 spiro atoms. The number of halogens is 2. The van der Waals surface area contributed by atoms with Crippen molar-refractivity contribution in [2.24, 2.45) is 0 Å². The molecule has 0 aliphatic carbocycles. The number of carbonyl (C=O) groups excluding carboxylic acids is 1. The Kier molecular flexibility index (Phi) is 7.97. The Balaban J connectivity index is 1.81. The minimum Gasteiger partial charge on any atom is -0.479 e. The van der Waals surface area contributed by atoms with Crippen LogP contribution in [0.4, 0.5) is 5.69 Å². The molecule has 0 bridgehead atoms. The fraction of sp³-hybridized carbons (Fsp3) is 0.269. The number of rotatable bonds is 8. The highest BCUT2D eigenvalue weighted by molar-refractivity contribution is 7.92. The number of benzene rings is 2. The number of aromatic nitrogens is 3. The van der Waals surface area contributed by atoms with Crippen molar-refractivity contribution < 1.29 is 27.4 Å².